The van der Waals surface area contributed by atoms with Crippen molar-refractivity contribution >= 4 is 17.8 Å². The largest absolute Gasteiger partial charge is 0.493 e. The molecule has 0 radical (unpaired) electrons. The van der Waals surface area contributed by atoms with Gasteiger partial charge in [-0.2, -0.15) is 5.10 Å². The summed E-state index contributed by atoms with van der Waals surface area (Å²) < 4.78 is 10.8. The number of nitro groups is 1. The van der Waals surface area contributed by atoms with Gasteiger partial charge in [-0.05, 0) is 47.4 Å². The zero-order chi connectivity index (χ0) is 21.3. The summed E-state index contributed by atoms with van der Waals surface area (Å²) in [6.07, 6.45) is 2.72. The van der Waals surface area contributed by atoms with Crippen LogP contribution in [0.15, 0.2) is 41.5 Å². The number of carbonyl (C=O) groups is 1. The Labute approximate surface area is 173 Å². The number of ether oxygens (including phenoxy) is 2. The Kier molecular flexibility index (Phi) is 5.37. The van der Waals surface area contributed by atoms with Crippen LogP contribution < -0.4 is 9.47 Å². The number of amides is 1. The third-order valence-electron chi connectivity index (χ3n) is 5.54. The van der Waals surface area contributed by atoms with Crippen molar-refractivity contribution in [2.24, 2.45) is 5.10 Å². The van der Waals surface area contributed by atoms with Gasteiger partial charge in [-0.25, -0.2) is 5.01 Å². The molecular formula is C21H22N4O5. The molecular weight excluding hydrogens is 388 g/mol. The molecule has 0 aliphatic carbocycles. The van der Waals surface area contributed by atoms with Crippen LogP contribution in [0.1, 0.15) is 29.2 Å². The number of non-ortho nitro benzene ring substituents is 1. The van der Waals surface area contributed by atoms with Crippen molar-refractivity contribution in [3.05, 3.63) is 63.2 Å². The molecule has 9 heteroatoms. The van der Waals surface area contributed by atoms with Crippen molar-refractivity contribution in [2.45, 2.75) is 18.9 Å². The maximum absolute atomic E-state index is 12.7. The maximum atomic E-state index is 12.7. The standard InChI is InChI=1S/C21H22N4O5/c1-29-19-9-15-7-8-23-13-24(21(26)11-18(23)17(15)10-20(19)30-2)22-12-14-3-5-16(6-4-14)25(27)28/h3-6,9-10,12,18H,7-8,11,13H2,1-2H3/t18-/m1/s1. The second-order valence-corrected chi connectivity index (χ2v) is 7.22. The fourth-order valence-corrected chi connectivity index (χ4v) is 3.93. The first-order chi connectivity index (χ1) is 14.5. The molecule has 1 fully saturated rings. The maximum Gasteiger partial charge on any atom is 0.269 e. The molecule has 0 unspecified atom stereocenters. The third-order valence-corrected chi connectivity index (χ3v) is 5.54. The molecule has 0 spiro atoms. The highest BCUT2D eigenvalue weighted by molar-refractivity contribution is 5.83. The van der Waals surface area contributed by atoms with Crippen molar-refractivity contribution in [1.29, 1.82) is 0 Å². The lowest BCUT2D eigenvalue weighted by molar-refractivity contribution is -0.384. The average Bonchev–Trinajstić information content (AvgIpc) is 2.76. The zero-order valence-corrected chi connectivity index (χ0v) is 16.8. The van der Waals surface area contributed by atoms with Crippen molar-refractivity contribution in [1.82, 2.24) is 9.91 Å². The first-order valence-electron chi connectivity index (χ1n) is 9.58. The van der Waals surface area contributed by atoms with E-state index in [1.807, 2.05) is 12.1 Å². The van der Waals surface area contributed by atoms with Gasteiger partial charge >= 0.3 is 0 Å². The lowest BCUT2D eigenvalue weighted by Crippen LogP contribution is -2.49. The van der Waals surface area contributed by atoms with Crippen LogP contribution in [0, 0.1) is 10.1 Å². The summed E-state index contributed by atoms with van der Waals surface area (Å²) in [5.74, 6) is 1.28. The van der Waals surface area contributed by atoms with Gasteiger partial charge in [0.15, 0.2) is 11.5 Å². The minimum atomic E-state index is -0.450. The van der Waals surface area contributed by atoms with Gasteiger partial charge in [0.1, 0.15) is 0 Å². The Balaban J connectivity index is 1.51. The van der Waals surface area contributed by atoms with Crippen LogP contribution in [0.4, 0.5) is 5.69 Å². The van der Waals surface area contributed by atoms with E-state index in [9.17, 15) is 14.9 Å². The number of fused-ring (bicyclic) bond motifs is 3. The molecule has 1 atom stereocenters. The van der Waals surface area contributed by atoms with Gasteiger partial charge in [0.25, 0.3) is 5.69 Å². The number of nitrogens with zero attached hydrogens (tertiary/aromatic N) is 4. The number of carbonyl (C=O) groups excluding carboxylic acids is 1. The number of nitro benzene ring substituents is 1. The van der Waals surface area contributed by atoms with E-state index < -0.39 is 4.92 Å². The Morgan fingerprint density at radius 3 is 2.53 bits per heavy atom. The molecule has 2 heterocycles. The fourth-order valence-electron chi connectivity index (χ4n) is 3.93. The van der Waals surface area contributed by atoms with Gasteiger partial charge in [-0.1, -0.05) is 0 Å². The molecule has 9 nitrogen and oxygen atoms in total. The molecule has 156 valence electrons. The lowest BCUT2D eigenvalue weighted by atomic mass is 9.89. The molecule has 4 rings (SSSR count). The van der Waals surface area contributed by atoms with Crippen LogP contribution in [0.25, 0.3) is 0 Å². The Hall–Kier alpha value is -3.46. The normalized spacial score (nSPS) is 18.8. The molecule has 0 N–H and O–H groups in total. The van der Waals surface area contributed by atoms with E-state index in [2.05, 4.69) is 10.0 Å². The van der Waals surface area contributed by atoms with Gasteiger partial charge in [-0.3, -0.25) is 19.8 Å². The van der Waals surface area contributed by atoms with Crippen LogP contribution in [0.2, 0.25) is 0 Å². The first kappa shape index (κ1) is 19.8. The van der Waals surface area contributed by atoms with E-state index in [-0.39, 0.29) is 17.6 Å². The predicted octanol–water partition coefficient (Wildman–Crippen LogP) is 2.74. The summed E-state index contributed by atoms with van der Waals surface area (Å²) in [7, 11) is 3.22. The zero-order valence-electron chi connectivity index (χ0n) is 16.8. The van der Waals surface area contributed by atoms with E-state index in [1.165, 1.54) is 22.7 Å². The monoisotopic (exact) mass is 410 g/mol. The summed E-state index contributed by atoms with van der Waals surface area (Å²) in [5.41, 5.74) is 2.97. The first-order valence-corrected chi connectivity index (χ1v) is 9.58. The van der Waals surface area contributed by atoms with Crippen molar-refractivity contribution in [2.75, 3.05) is 27.4 Å². The molecule has 2 aromatic rings. The summed E-state index contributed by atoms with van der Waals surface area (Å²) in [6, 6.07) is 9.98. The van der Waals surface area contributed by atoms with Crippen LogP contribution in [0.3, 0.4) is 0 Å². The minimum absolute atomic E-state index is 0.0167. The van der Waals surface area contributed by atoms with Gasteiger partial charge < -0.3 is 9.47 Å². The summed E-state index contributed by atoms with van der Waals surface area (Å²) >= 11 is 0. The molecule has 0 bridgehead atoms. The number of hydrazone groups is 1. The average molecular weight is 410 g/mol. The number of methoxy groups -OCH3 is 2. The molecule has 2 aromatic carbocycles. The van der Waals surface area contributed by atoms with Crippen molar-refractivity contribution < 1.29 is 19.2 Å². The second-order valence-electron chi connectivity index (χ2n) is 7.22. The fraction of sp³-hybridized carbons (Fsp3) is 0.333. The Morgan fingerprint density at radius 2 is 1.87 bits per heavy atom. The topological polar surface area (TPSA) is 97.5 Å². The van der Waals surface area contributed by atoms with Crippen LogP contribution in [-0.4, -0.2) is 54.4 Å². The SMILES string of the molecule is COc1cc2c(cc1OC)[C@H]1CC(=O)N(N=Cc3ccc([N+](=O)[O-])cc3)CN1CC2. The lowest BCUT2D eigenvalue weighted by Gasteiger charge is -2.43. The third kappa shape index (κ3) is 3.71. The highest BCUT2D eigenvalue weighted by Crippen LogP contribution is 2.41. The van der Waals surface area contributed by atoms with Gasteiger partial charge in [0.05, 0.1) is 32.0 Å². The second kappa shape index (κ2) is 8.11. The molecule has 0 aromatic heterocycles. The number of hydrogen-bond donors (Lipinski definition) is 0. The van der Waals surface area contributed by atoms with E-state index in [0.717, 1.165) is 18.5 Å². The predicted molar refractivity (Wildman–Crippen MR) is 110 cm³/mol. The smallest absolute Gasteiger partial charge is 0.269 e. The molecule has 30 heavy (non-hydrogen) atoms. The van der Waals surface area contributed by atoms with Crippen LogP contribution >= 0.6 is 0 Å². The molecule has 2 aliphatic rings. The number of rotatable bonds is 5. The van der Waals surface area contributed by atoms with Crippen LogP contribution in [0.5, 0.6) is 11.5 Å². The highest BCUT2D eigenvalue weighted by atomic mass is 16.6. The van der Waals surface area contributed by atoms with Gasteiger partial charge in [-0.15, -0.1) is 0 Å². The summed E-state index contributed by atoms with van der Waals surface area (Å²) in [4.78, 5) is 25.3. The van der Waals surface area contributed by atoms with E-state index >= 15 is 0 Å². The van der Waals surface area contributed by atoms with Gasteiger partial charge in [0, 0.05) is 31.1 Å². The van der Waals surface area contributed by atoms with Crippen molar-refractivity contribution in [3.8, 4) is 11.5 Å². The summed E-state index contributed by atoms with van der Waals surface area (Å²) in [6.45, 7) is 1.20. The quantitative estimate of drug-likeness (QED) is 0.427. The summed E-state index contributed by atoms with van der Waals surface area (Å²) in [5, 5.41) is 16.5. The highest BCUT2D eigenvalue weighted by Gasteiger charge is 2.37. The minimum Gasteiger partial charge on any atom is -0.493 e. The molecule has 1 amide bonds. The number of benzene rings is 2. The van der Waals surface area contributed by atoms with E-state index in [0.29, 0.717) is 30.2 Å². The molecule has 1 saturated heterocycles. The molecule has 2 aliphatic heterocycles. The van der Waals surface area contributed by atoms with E-state index in [1.54, 1.807) is 32.6 Å². The van der Waals surface area contributed by atoms with Crippen molar-refractivity contribution in [3.63, 3.8) is 0 Å². The van der Waals surface area contributed by atoms with E-state index in [4.69, 9.17) is 9.47 Å². The van der Waals surface area contributed by atoms with Gasteiger partial charge in [0.2, 0.25) is 5.91 Å². The van der Waals surface area contributed by atoms with Crippen LogP contribution in [-0.2, 0) is 11.2 Å². The number of hydrogen-bond acceptors (Lipinski definition) is 7. The Bertz CT molecular complexity index is 1010. The molecule has 0 saturated carbocycles. The Morgan fingerprint density at radius 1 is 1.17 bits per heavy atom.